The summed E-state index contributed by atoms with van der Waals surface area (Å²) in [5.74, 6) is 0.984. The Morgan fingerprint density at radius 2 is 2.05 bits per heavy atom. The van der Waals surface area contributed by atoms with E-state index in [4.69, 9.17) is 4.74 Å². The summed E-state index contributed by atoms with van der Waals surface area (Å²) >= 11 is 0. The maximum absolute atomic E-state index is 5.06. The molecule has 1 N–H and O–H groups in total. The highest BCUT2D eigenvalue weighted by molar-refractivity contribution is 5.28. The van der Waals surface area contributed by atoms with Crippen molar-refractivity contribution in [2.24, 2.45) is 0 Å². The van der Waals surface area contributed by atoms with Crippen molar-refractivity contribution in [3.8, 4) is 0 Å². The van der Waals surface area contributed by atoms with E-state index in [-0.39, 0.29) is 0 Å². The van der Waals surface area contributed by atoms with E-state index in [9.17, 15) is 0 Å². The van der Waals surface area contributed by atoms with Gasteiger partial charge in [0.1, 0.15) is 0 Å². The Hall–Kier alpha value is -1.07. The summed E-state index contributed by atoms with van der Waals surface area (Å²) in [5.41, 5.74) is 1.07. The van der Waals surface area contributed by atoms with E-state index in [1.165, 1.54) is 0 Å². The molecule has 0 aliphatic carbocycles. The zero-order chi connectivity index (χ0) is 14.8. The smallest absolute Gasteiger partial charge is 0.203 e. The first-order valence-corrected chi connectivity index (χ1v) is 7.70. The largest absolute Gasteiger partial charge is 0.385 e. The number of aryl methyl sites for hydroxylation is 2. The summed E-state index contributed by atoms with van der Waals surface area (Å²) < 4.78 is 7.29. The number of aromatic nitrogens is 2. The minimum absolute atomic E-state index is 0.786. The Morgan fingerprint density at radius 3 is 2.70 bits per heavy atom. The molecule has 0 amide bonds. The fourth-order valence-corrected chi connectivity index (χ4v) is 2.28. The van der Waals surface area contributed by atoms with Crippen LogP contribution in [0.15, 0.2) is 6.20 Å². The molecule has 5 nitrogen and oxygen atoms in total. The van der Waals surface area contributed by atoms with Crippen LogP contribution in [0.1, 0.15) is 32.4 Å². The number of methoxy groups -OCH3 is 1. The minimum atomic E-state index is 0.786. The van der Waals surface area contributed by atoms with Crippen molar-refractivity contribution in [2.45, 2.75) is 40.2 Å². The zero-order valence-electron chi connectivity index (χ0n) is 13.5. The van der Waals surface area contributed by atoms with Crippen LogP contribution in [0.3, 0.4) is 0 Å². The number of nitrogens with one attached hydrogen (secondary N) is 1. The van der Waals surface area contributed by atoms with Crippen molar-refractivity contribution >= 4 is 5.95 Å². The van der Waals surface area contributed by atoms with Crippen LogP contribution in [-0.4, -0.2) is 54.3 Å². The van der Waals surface area contributed by atoms with Crippen LogP contribution in [0.4, 0.5) is 5.95 Å². The molecule has 0 atom stereocenters. The third kappa shape index (κ3) is 5.92. The van der Waals surface area contributed by atoms with Gasteiger partial charge in [-0.05, 0) is 39.4 Å². The molecule has 0 saturated heterocycles. The average Bonchev–Trinajstić information content (AvgIpc) is 2.80. The standard InChI is InChI=1S/C15H30N4O/c1-5-18(6-2)10-8-11-19-13-14(3)17-15(19)16-9-7-12-20-4/h13H,5-12H2,1-4H3,(H,16,17). The lowest BCUT2D eigenvalue weighted by atomic mass is 10.3. The number of hydrogen-bond acceptors (Lipinski definition) is 4. The quantitative estimate of drug-likeness (QED) is 0.633. The molecule has 20 heavy (non-hydrogen) atoms. The van der Waals surface area contributed by atoms with Gasteiger partial charge >= 0.3 is 0 Å². The molecule has 0 aliphatic heterocycles. The fourth-order valence-electron chi connectivity index (χ4n) is 2.28. The third-order valence-electron chi connectivity index (χ3n) is 3.47. The van der Waals surface area contributed by atoms with Crippen LogP contribution >= 0.6 is 0 Å². The first-order valence-electron chi connectivity index (χ1n) is 7.70. The first kappa shape index (κ1) is 17.0. The lowest BCUT2D eigenvalue weighted by Crippen LogP contribution is -2.25. The molecule has 1 rings (SSSR count). The molecule has 0 bridgehead atoms. The van der Waals surface area contributed by atoms with Crippen molar-refractivity contribution in [3.63, 3.8) is 0 Å². The van der Waals surface area contributed by atoms with Gasteiger partial charge in [0.2, 0.25) is 5.95 Å². The second-order valence-corrected chi connectivity index (χ2v) is 5.05. The van der Waals surface area contributed by atoms with Crippen LogP contribution in [0.25, 0.3) is 0 Å². The average molecular weight is 282 g/mol. The van der Waals surface area contributed by atoms with E-state index in [0.29, 0.717) is 0 Å². The van der Waals surface area contributed by atoms with Crippen molar-refractivity contribution in [1.82, 2.24) is 14.5 Å². The molecular formula is C15H30N4O. The Bertz CT molecular complexity index is 361. The molecule has 0 unspecified atom stereocenters. The second kappa shape index (κ2) is 9.77. The monoisotopic (exact) mass is 282 g/mol. The molecule has 0 aromatic carbocycles. The number of rotatable bonds is 11. The van der Waals surface area contributed by atoms with Gasteiger partial charge in [-0.1, -0.05) is 13.8 Å². The zero-order valence-corrected chi connectivity index (χ0v) is 13.5. The van der Waals surface area contributed by atoms with Gasteiger partial charge in [0, 0.05) is 33.0 Å². The van der Waals surface area contributed by atoms with Crippen molar-refractivity contribution in [3.05, 3.63) is 11.9 Å². The molecular weight excluding hydrogens is 252 g/mol. The Morgan fingerprint density at radius 1 is 1.30 bits per heavy atom. The summed E-state index contributed by atoms with van der Waals surface area (Å²) in [6.45, 7) is 12.6. The molecule has 0 saturated carbocycles. The maximum atomic E-state index is 5.06. The van der Waals surface area contributed by atoms with Crippen LogP contribution in [0, 0.1) is 6.92 Å². The van der Waals surface area contributed by atoms with Gasteiger partial charge in [-0.3, -0.25) is 0 Å². The van der Waals surface area contributed by atoms with Crippen LogP contribution in [-0.2, 0) is 11.3 Å². The minimum Gasteiger partial charge on any atom is -0.385 e. The molecule has 0 radical (unpaired) electrons. The topological polar surface area (TPSA) is 42.3 Å². The molecule has 5 heteroatoms. The normalized spacial score (nSPS) is 11.2. The van der Waals surface area contributed by atoms with Gasteiger partial charge < -0.3 is 19.5 Å². The van der Waals surface area contributed by atoms with E-state index < -0.39 is 0 Å². The second-order valence-electron chi connectivity index (χ2n) is 5.05. The predicted octanol–water partition coefficient (Wildman–Crippen LogP) is 2.37. The molecule has 116 valence electrons. The van der Waals surface area contributed by atoms with E-state index in [0.717, 1.165) is 63.8 Å². The molecule has 1 aromatic heterocycles. The van der Waals surface area contributed by atoms with Gasteiger partial charge in [0.25, 0.3) is 0 Å². The number of ether oxygens (including phenoxy) is 1. The van der Waals surface area contributed by atoms with Gasteiger partial charge in [-0.2, -0.15) is 0 Å². The van der Waals surface area contributed by atoms with Gasteiger partial charge in [-0.25, -0.2) is 4.98 Å². The summed E-state index contributed by atoms with van der Waals surface area (Å²) in [6.07, 6.45) is 4.28. The van der Waals surface area contributed by atoms with E-state index >= 15 is 0 Å². The van der Waals surface area contributed by atoms with E-state index in [1.54, 1.807) is 7.11 Å². The highest BCUT2D eigenvalue weighted by atomic mass is 16.5. The molecule has 0 aliphatic rings. The van der Waals surface area contributed by atoms with Crippen LogP contribution in [0.5, 0.6) is 0 Å². The summed E-state index contributed by atoms with van der Waals surface area (Å²) in [5, 5.41) is 3.39. The number of anilines is 1. The molecule has 0 spiro atoms. The Balaban J connectivity index is 2.40. The van der Waals surface area contributed by atoms with Crippen molar-refractivity contribution in [1.29, 1.82) is 0 Å². The molecule has 1 heterocycles. The van der Waals surface area contributed by atoms with Gasteiger partial charge in [0.15, 0.2) is 0 Å². The number of hydrogen-bond donors (Lipinski definition) is 1. The summed E-state index contributed by atoms with van der Waals surface area (Å²) in [6, 6.07) is 0. The number of imidazole rings is 1. The van der Waals surface area contributed by atoms with Crippen molar-refractivity contribution in [2.75, 3.05) is 45.2 Å². The summed E-state index contributed by atoms with van der Waals surface area (Å²) in [7, 11) is 1.73. The highest BCUT2D eigenvalue weighted by Gasteiger charge is 2.05. The predicted molar refractivity (Wildman–Crippen MR) is 84.4 cm³/mol. The van der Waals surface area contributed by atoms with Crippen LogP contribution < -0.4 is 5.32 Å². The third-order valence-corrected chi connectivity index (χ3v) is 3.47. The molecule has 1 aromatic rings. The Kier molecular flexibility index (Phi) is 8.30. The maximum Gasteiger partial charge on any atom is 0.203 e. The fraction of sp³-hybridized carbons (Fsp3) is 0.800. The summed E-state index contributed by atoms with van der Waals surface area (Å²) in [4.78, 5) is 7.00. The Labute approximate surface area is 123 Å². The first-order chi connectivity index (χ1) is 9.71. The lowest BCUT2D eigenvalue weighted by Gasteiger charge is -2.18. The van der Waals surface area contributed by atoms with Crippen LogP contribution in [0.2, 0.25) is 0 Å². The van der Waals surface area contributed by atoms with Gasteiger partial charge in [-0.15, -0.1) is 0 Å². The van der Waals surface area contributed by atoms with E-state index in [1.807, 2.05) is 6.92 Å². The highest BCUT2D eigenvalue weighted by Crippen LogP contribution is 2.09. The number of nitrogens with zero attached hydrogens (tertiary/aromatic N) is 3. The molecule has 0 fully saturated rings. The van der Waals surface area contributed by atoms with Crippen molar-refractivity contribution < 1.29 is 4.74 Å². The van der Waals surface area contributed by atoms with Gasteiger partial charge in [0.05, 0.1) is 5.69 Å². The lowest BCUT2D eigenvalue weighted by molar-refractivity contribution is 0.197. The SMILES string of the molecule is CCN(CC)CCCn1cc(C)nc1NCCCOC. The van der Waals surface area contributed by atoms with E-state index in [2.05, 4.69) is 39.8 Å².